The summed E-state index contributed by atoms with van der Waals surface area (Å²) >= 11 is 1.59. The van der Waals surface area contributed by atoms with E-state index in [2.05, 4.69) is 4.72 Å². The Kier molecular flexibility index (Phi) is 5.05. The van der Waals surface area contributed by atoms with Crippen LogP contribution < -0.4 is 10.3 Å². The summed E-state index contributed by atoms with van der Waals surface area (Å²) in [6.07, 6.45) is 0. The van der Waals surface area contributed by atoms with Crippen LogP contribution in [0, 0.1) is 0 Å². The van der Waals surface area contributed by atoms with Crippen LogP contribution in [0.25, 0.3) is 11.0 Å². The molecule has 3 rings (SSSR count). The van der Waals surface area contributed by atoms with Gasteiger partial charge in [-0.25, -0.2) is 17.9 Å². The number of hydrogen-bond acceptors (Lipinski definition) is 6. The summed E-state index contributed by atoms with van der Waals surface area (Å²) in [5.41, 5.74) is -0.109. The average Bonchev–Trinajstić information content (AvgIpc) is 3.08. The van der Waals surface area contributed by atoms with Crippen molar-refractivity contribution in [3.05, 3.63) is 63.1 Å². The van der Waals surface area contributed by atoms with Crippen LogP contribution in [0.3, 0.4) is 0 Å². The van der Waals surface area contributed by atoms with Gasteiger partial charge in [0.25, 0.3) is 0 Å². The summed E-state index contributed by atoms with van der Waals surface area (Å²) in [6, 6.07) is 11.1. The molecule has 0 saturated heterocycles. The summed E-state index contributed by atoms with van der Waals surface area (Å²) in [5.74, 6) is 0. The summed E-state index contributed by atoms with van der Waals surface area (Å²) in [4.78, 5) is 14.4. The molecule has 2 aromatic heterocycles. The molecule has 8 heteroatoms. The van der Waals surface area contributed by atoms with E-state index in [1.807, 2.05) is 36.5 Å². The molecular formula is C17H18N2O4S2. The number of benzene rings is 1. The molecule has 0 saturated carbocycles. The molecule has 0 aliphatic carbocycles. The lowest BCUT2D eigenvalue weighted by Crippen LogP contribution is -2.34. The molecule has 3 aromatic rings. The lowest BCUT2D eigenvalue weighted by molar-refractivity contribution is 0.303. The van der Waals surface area contributed by atoms with Crippen LogP contribution in [0.2, 0.25) is 0 Å². The zero-order valence-electron chi connectivity index (χ0n) is 13.8. The molecule has 0 spiro atoms. The van der Waals surface area contributed by atoms with Crippen LogP contribution >= 0.6 is 11.3 Å². The molecule has 2 heterocycles. The Morgan fingerprint density at radius 1 is 1.20 bits per heavy atom. The van der Waals surface area contributed by atoms with Crippen molar-refractivity contribution >= 4 is 32.3 Å². The molecule has 0 fully saturated rings. The summed E-state index contributed by atoms with van der Waals surface area (Å²) in [7, 11) is 0.153. The Morgan fingerprint density at radius 2 is 2.00 bits per heavy atom. The molecular weight excluding hydrogens is 360 g/mol. The van der Waals surface area contributed by atoms with E-state index in [1.165, 1.54) is 24.3 Å². The molecule has 1 N–H and O–H groups in total. The first kappa shape index (κ1) is 17.8. The van der Waals surface area contributed by atoms with E-state index in [4.69, 9.17) is 4.42 Å². The highest BCUT2D eigenvalue weighted by molar-refractivity contribution is 7.89. The predicted octanol–water partition coefficient (Wildman–Crippen LogP) is 2.44. The first-order valence-electron chi connectivity index (χ1n) is 7.60. The molecule has 25 heavy (non-hydrogen) atoms. The van der Waals surface area contributed by atoms with Gasteiger partial charge < -0.3 is 9.32 Å². The van der Waals surface area contributed by atoms with E-state index in [0.29, 0.717) is 11.0 Å². The maximum atomic E-state index is 12.6. The largest absolute Gasteiger partial charge is 0.423 e. The SMILES string of the molecule is CN(C)C(CNS(=O)(=O)c1ccc2oc(=O)ccc2c1)c1cccs1. The van der Waals surface area contributed by atoms with Crippen molar-refractivity contribution in [1.29, 1.82) is 0 Å². The number of thiophene rings is 1. The van der Waals surface area contributed by atoms with Gasteiger partial charge in [0.1, 0.15) is 5.58 Å². The molecule has 0 amide bonds. The summed E-state index contributed by atoms with van der Waals surface area (Å²) in [5, 5.41) is 2.53. The number of fused-ring (bicyclic) bond motifs is 1. The third kappa shape index (κ3) is 3.98. The highest BCUT2D eigenvalue weighted by atomic mass is 32.2. The molecule has 0 bridgehead atoms. The predicted molar refractivity (Wildman–Crippen MR) is 98.4 cm³/mol. The van der Waals surface area contributed by atoms with Gasteiger partial charge in [-0.3, -0.25) is 0 Å². The Labute approximate surface area is 149 Å². The molecule has 1 aromatic carbocycles. The molecule has 132 valence electrons. The molecule has 0 aliphatic rings. The van der Waals surface area contributed by atoms with Crippen molar-refractivity contribution in [2.24, 2.45) is 0 Å². The minimum Gasteiger partial charge on any atom is -0.423 e. The maximum absolute atomic E-state index is 12.6. The number of likely N-dealkylation sites (N-methyl/N-ethyl adjacent to an activating group) is 1. The maximum Gasteiger partial charge on any atom is 0.336 e. The fraction of sp³-hybridized carbons (Fsp3) is 0.235. The third-order valence-corrected chi connectivity index (χ3v) is 6.26. The van der Waals surface area contributed by atoms with E-state index in [0.717, 1.165) is 4.88 Å². The van der Waals surface area contributed by atoms with Crippen molar-refractivity contribution in [3.63, 3.8) is 0 Å². The van der Waals surface area contributed by atoms with Gasteiger partial charge in [-0.15, -0.1) is 11.3 Å². The zero-order chi connectivity index (χ0) is 18.0. The summed E-state index contributed by atoms with van der Waals surface area (Å²) < 4.78 is 32.9. The van der Waals surface area contributed by atoms with Gasteiger partial charge in [0, 0.05) is 22.9 Å². The lowest BCUT2D eigenvalue weighted by Gasteiger charge is -2.23. The Morgan fingerprint density at radius 3 is 2.68 bits per heavy atom. The number of nitrogens with zero attached hydrogens (tertiary/aromatic N) is 1. The van der Waals surface area contributed by atoms with Crippen LogP contribution in [-0.2, 0) is 10.0 Å². The topological polar surface area (TPSA) is 79.6 Å². The minimum atomic E-state index is -3.67. The van der Waals surface area contributed by atoms with Gasteiger partial charge >= 0.3 is 5.63 Å². The third-order valence-electron chi connectivity index (χ3n) is 3.86. The van der Waals surface area contributed by atoms with Crippen LogP contribution in [0.1, 0.15) is 10.9 Å². The fourth-order valence-corrected chi connectivity index (χ4v) is 4.50. The van der Waals surface area contributed by atoms with Crippen LogP contribution in [0.15, 0.2) is 62.0 Å². The molecule has 0 aliphatic heterocycles. The average molecular weight is 378 g/mol. The van der Waals surface area contributed by atoms with Crippen molar-refractivity contribution in [2.45, 2.75) is 10.9 Å². The van der Waals surface area contributed by atoms with Gasteiger partial charge in [-0.05, 0) is 49.8 Å². The first-order chi connectivity index (χ1) is 11.9. The van der Waals surface area contributed by atoms with Crippen LogP contribution in [0.4, 0.5) is 0 Å². The lowest BCUT2D eigenvalue weighted by atomic mass is 10.2. The molecule has 6 nitrogen and oxygen atoms in total. The van der Waals surface area contributed by atoms with E-state index in [9.17, 15) is 13.2 Å². The Hall–Kier alpha value is -2.00. The fourth-order valence-electron chi connectivity index (χ4n) is 2.51. The number of sulfonamides is 1. The number of nitrogens with one attached hydrogen (secondary N) is 1. The quantitative estimate of drug-likeness (QED) is 0.667. The van der Waals surface area contributed by atoms with Gasteiger partial charge in [-0.1, -0.05) is 6.07 Å². The summed E-state index contributed by atoms with van der Waals surface area (Å²) in [6.45, 7) is 0.262. The highest BCUT2D eigenvalue weighted by Crippen LogP contribution is 2.23. The van der Waals surface area contributed by atoms with Gasteiger partial charge in [-0.2, -0.15) is 0 Å². The van der Waals surface area contributed by atoms with Gasteiger partial charge in [0.2, 0.25) is 10.0 Å². The van der Waals surface area contributed by atoms with E-state index >= 15 is 0 Å². The standard InChI is InChI=1S/C17H18N2O4S2/c1-19(2)14(16-4-3-9-24-16)11-18-25(21,22)13-6-7-15-12(10-13)5-8-17(20)23-15/h3-10,14,18H,11H2,1-2H3. The second-order valence-electron chi connectivity index (χ2n) is 5.80. The molecule has 1 unspecified atom stereocenters. The van der Waals surface area contributed by atoms with E-state index in [1.54, 1.807) is 17.4 Å². The zero-order valence-corrected chi connectivity index (χ0v) is 15.4. The second-order valence-corrected chi connectivity index (χ2v) is 8.55. The monoisotopic (exact) mass is 378 g/mol. The van der Waals surface area contributed by atoms with E-state index in [-0.39, 0.29) is 17.5 Å². The first-order valence-corrected chi connectivity index (χ1v) is 9.96. The van der Waals surface area contributed by atoms with Crippen molar-refractivity contribution in [2.75, 3.05) is 20.6 Å². The normalized spacial score (nSPS) is 13.4. The second kappa shape index (κ2) is 7.09. The van der Waals surface area contributed by atoms with Gasteiger partial charge in [0.15, 0.2) is 0 Å². The van der Waals surface area contributed by atoms with Crippen molar-refractivity contribution in [3.8, 4) is 0 Å². The minimum absolute atomic E-state index is 0.0479. The van der Waals surface area contributed by atoms with Crippen LogP contribution in [0.5, 0.6) is 0 Å². The Bertz CT molecular complexity index is 1020. The Balaban J connectivity index is 1.84. The number of hydrogen-bond donors (Lipinski definition) is 1. The van der Waals surface area contributed by atoms with Crippen molar-refractivity contribution < 1.29 is 12.8 Å². The van der Waals surface area contributed by atoms with Gasteiger partial charge in [0.05, 0.1) is 10.9 Å². The molecule has 0 radical (unpaired) electrons. The van der Waals surface area contributed by atoms with Crippen molar-refractivity contribution in [1.82, 2.24) is 9.62 Å². The smallest absolute Gasteiger partial charge is 0.336 e. The number of rotatable bonds is 6. The van der Waals surface area contributed by atoms with E-state index < -0.39 is 15.6 Å². The highest BCUT2D eigenvalue weighted by Gasteiger charge is 2.20. The van der Waals surface area contributed by atoms with Crippen LogP contribution in [-0.4, -0.2) is 34.0 Å². The molecule has 1 atom stereocenters.